The van der Waals surface area contributed by atoms with Crippen LogP contribution >= 0.6 is 23.4 Å². The SMILES string of the molecule is CC(C)OC(=O)C1CSC(c2cccc(Cl)c2)N1C(=O)C1CC1. The Bertz CT molecular complexity index is 618. The standard InChI is InChI=1S/C17H20ClNO3S/c1-10(2)22-17(21)14-9-23-16(12-4-3-5-13(18)8-12)19(14)15(20)11-6-7-11/h3-5,8,10-11,14,16H,6-7,9H2,1-2H3. The van der Waals surface area contributed by atoms with Gasteiger partial charge in [0, 0.05) is 16.7 Å². The van der Waals surface area contributed by atoms with Gasteiger partial charge in [0.25, 0.3) is 0 Å². The Labute approximate surface area is 145 Å². The fourth-order valence-electron chi connectivity index (χ4n) is 2.73. The average molecular weight is 354 g/mol. The maximum Gasteiger partial charge on any atom is 0.330 e. The third-order valence-corrected chi connectivity index (χ3v) is 5.50. The minimum Gasteiger partial charge on any atom is -0.461 e. The van der Waals surface area contributed by atoms with Crippen molar-refractivity contribution in [2.24, 2.45) is 5.92 Å². The maximum atomic E-state index is 12.7. The van der Waals surface area contributed by atoms with E-state index < -0.39 is 6.04 Å². The molecule has 2 atom stereocenters. The molecule has 124 valence electrons. The maximum absolute atomic E-state index is 12.7. The molecule has 1 aromatic rings. The van der Waals surface area contributed by atoms with Crippen molar-refractivity contribution in [3.8, 4) is 0 Å². The van der Waals surface area contributed by atoms with Crippen LogP contribution in [0.3, 0.4) is 0 Å². The molecule has 1 aliphatic heterocycles. The fraction of sp³-hybridized carbons (Fsp3) is 0.529. The van der Waals surface area contributed by atoms with Gasteiger partial charge in [-0.3, -0.25) is 4.79 Å². The third-order valence-electron chi connectivity index (χ3n) is 3.94. The van der Waals surface area contributed by atoms with Crippen LogP contribution in [0.2, 0.25) is 5.02 Å². The van der Waals surface area contributed by atoms with Crippen molar-refractivity contribution < 1.29 is 14.3 Å². The van der Waals surface area contributed by atoms with E-state index in [0.717, 1.165) is 18.4 Å². The van der Waals surface area contributed by atoms with E-state index in [1.165, 1.54) is 0 Å². The van der Waals surface area contributed by atoms with E-state index in [4.69, 9.17) is 16.3 Å². The second-order valence-electron chi connectivity index (χ2n) is 6.26. The van der Waals surface area contributed by atoms with Crippen molar-refractivity contribution in [3.05, 3.63) is 34.9 Å². The first-order chi connectivity index (χ1) is 11.0. The first-order valence-corrected chi connectivity index (χ1v) is 9.29. The van der Waals surface area contributed by atoms with Crippen LogP contribution in [0.4, 0.5) is 0 Å². The summed E-state index contributed by atoms with van der Waals surface area (Å²) in [6, 6.07) is 6.98. The van der Waals surface area contributed by atoms with E-state index in [-0.39, 0.29) is 29.3 Å². The summed E-state index contributed by atoms with van der Waals surface area (Å²) in [5.41, 5.74) is 0.955. The number of amides is 1. The monoisotopic (exact) mass is 353 g/mol. The lowest BCUT2D eigenvalue weighted by atomic mass is 10.1. The van der Waals surface area contributed by atoms with Gasteiger partial charge in [-0.05, 0) is 44.4 Å². The summed E-state index contributed by atoms with van der Waals surface area (Å²) in [7, 11) is 0. The largest absolute Gasteiger partial charge is 0.461 e. The Morgan fingerprint density at radius 2 is 2.09 bits per heavy atom. The van der Waals surface area contributed by atoms with Gasteiger partial charge in [-0.2, -0.15) is 0 Å². The number of benzene rings is 1. The molecule has 3 rings (SSSR count). The van der Waals surface area contributed by atoms with E-state index in [2.05, 4.69) is 0 Å². The molecule has 1 saturated heterocycles. The van der Waals surface area contributed by atoms with Gasteiger partial charge in [0.05, 0.1) is 6.10 Å². The van der Waals surface area contributed by atoms with E-state index in [1.807, 2.05) is 38.1 Å². The Morgan fingerprint density at radius 3 is 2.70 bits per heavy atom. The van der Waals surface area contributed by atoms with E-state index in [0.29, 0.717) is 10.8 Å². The number of nitrogens with zero attached hydrogens (tertiary/aromatic N) is 1. The molecule has 1 amide bonds. The number of carbonyl (C=O) groups excluding carboxylic acids is 2. The van der Waals surface area contributed by atoms with Crippen molar-refractivity contribution in [1.29, 1.82) is 0 Å². The van der Waals surface area contributed by atoms with Crippen molar-refractivity contribution in [2.75, 3.05) is 5.75 Å². The molecule has 0 spiro atoms. The predicted molar refractivity (Wildman–Crippen MR) is 91.2 cm³/mol. The van der Waals surface area contributed by atoms with Gasteiger partial charge in [-0.25, -0.2) is 4.79 Å². The molecule has 4 nitrogen and oxygen atoms in total. The lowest BCUT2D eigenvalue weighted by Gasteiger charge is -2.29. The van der Waals surface area contributed by atoms with Crippen molar-refractivity contribution >= 4 is 35.2 Å². The van der Waals surface area contributed by atoms with Gasteiger partial charge in [0.2, 0.25) is 5.91 Å². The summed E-state index contributed by atoms with van der Waals surface area (Å²) in [6.45, 7) is 3.64. The Kier molecular flexibility index (Phi) is 4.87. The van der Waals surface area contributed by atoms with Crippen LogP contribution in [0.5, 0.6) is 0 Å². The second kappa shape index (κ2) is 6.73. The average Bonchev–Trinajstić information content (AvgIpc) is 3.24. The third kappa shape index (κ3) is 3.66. The van der Waals surface area contributed by atoms with Gasteiger partial charge in [-0.1, -0.05) is 23.7 Å². The number of ether oxygens (including phenoxy) is 1. The van der Waals surface area contributed by atoms with Crippen molar-refractivity contribution in [1.82, 2.24) is 4.90 Å². The van der Waals surface area contributed by atoms with Crippen molar-refractivity contribution in [3.63, 3.8) is 0 Å². The van der Waals surface area contributed by atoms with Gasteiger partial charge in [-0.15, -0.1) is 11.8 Å². The molecule has 1 saturated carbocycles. The highest BCUT2D eigenvalue weighted by Crippen LogP contribution is 2.45. The smallest absolute Gasteiger partial charge is 0.330 e. The van der Waals surface area contributed by atoms with E-state index in [1.54, 1.807) is 16.7 Å². The lowest BCUT2D eigenvalue weighted by Crippen LogP contribution is -2.45. The molecule has 1 heterocycles. The highest BCUT2D eigenvalue weighted by Gasteiger charge is 2.47. The lowest BCUT2D eigenvalue weighted by molar-refractivity contribution is -0.157. The first-order valence-electron chi connectivity index (χ1n) is 7.87. The summed E-state index contributed by atoms with van der Waals surface area (Å²) in [6.07, 6.45) is 1.64. The summed E-state index contributed by atoms with van der Waals surface area (Å²) >= 11 is 7.68. The van der Waals surface area contributed by atoms with Gasteiger partial charge in [0.1, 0.15) is 11.4 Å². The minimum absolute atomic E-state index is 0.0599. The Balaban J connectivity index is 1.87. The second-order valence-corrected chi connectivity index (χ2v) is 7.81. The van der Waals surface area contributed by atoms with E-state index >= 15 is 0 Å². The van der Waals surface area contributed by atoms with Crippen LogP contribution < -0.4 is 0 Å². The zero-order valence-corrected chi connectivity index (χ0v) is 14.8. The van der Waals surface area contributed by atoms with Gasteiger partial charge in [0.15, 0.2) is 0 Å². The molecule has 2 unspecified atom stereocenters. The molecular weight excluding hydrogens is 334 g/mol. The van der Waals surface area contributed by atoms with E-state index in [9.17, 15) is 9.59 Å². The topological polar surface area (TPSA) is 46.6 Å². The first kappa shape index (κ1) is 16.7. The van der Waals surface area contributed by atoms with Crippen LogP contribution in [0, 0.1) is 5.92 Å². The summed E-state index contributed by atoms with van der Waals surface area (Å²) < 4.78 is 5.35. The summed E-state index contributed by atoms with van der Waals surface area (Å²) in [5, 5.41) is 0.460. The zero-order chi connectivity index (χ0) is 16.6. The predicted octanol–water partition coefficient (Wildman–Crippen LogP) is 3.64. The number of rotatable bonds is 4. The van der Waals surface area contributed by atoms with Crippen LogP contribution in [0.1, 0.15) is 37.6 Å². The molecule has 2 fully saturated rings. The minimum atomic E-state index is -0.514. The number of hydrogen-bond donors (Lipinski definition) is 0. The summed E-state index contributed by atoms with van der Waals surface area (Å²) in [5.74, 6) is 0.364. The molecule has 0 aromatic heterocycles. The molecule has 6 heteroatoms. The molecule has 23 heavy (non-hydrogen) atoms. The zero-order valence-electron chi connectivity index (χ0n) is 13.2. The molecule has 0 N–H and O–H groups in total. The number of halogens is 1. The molecule has 0 bridgehead atoms. The van der Waals surface area contributed by atoms with Gasteiger partial charge < -0.3 is 9.64 Å². The van der Waals surface area contributed by atoms with Crippen LogP contribution in [0.15, 0.2) is 24.3 Å². The summed E-state index contributed by atoms with van der Waals surface area (Å²) in [4.78, 5) is 26.9. The normalized spacial score (nSPS) is 24.1. The highest BCUT2D eigenvalue weighted by atomic mass is 35.5. The molecular formula is C17H20ClNO3S. The number of hydrogen-bond acceptors (Lipinski definition) is 4. The molecule has 0 radical (unpaired) electrons. The Hall–Kier alpha value is -1.20. The number of esters is 1. The van der Waals surface area contributed by atoms with Crippen LogP contribution in [0.25, 0.3) is 0 Å². The fourth-order valence-corrected chi connectivity index (χ4v) is 4.34. The molecule has 2 aliphatic rings. The van der Waals surface area contributed by atoms with Crippen molar-refractivity contribution in [2.45, 2.75) is 44.2 Å². The Morgan fingerprint density at radius 1 is 1.35 bits per heavy atom. The van der Waals surface area contributed by atoms with Gasteiger partial charge >= 0.3 is 5.97 Å². The van der Waals surface area contributed by atoms with Crippen LogP contribution in [-0.2, 0) is 14.3 Å². The molecule has 1 aliphatic carbocycles. The van der Waals surface area contributed by atoms with Crippen LogP contribution in [-0.4, -0.2) is 34.7 Å². The number of carbonyl (C=O) groups is 2. The quantitative estimate of drug-likeness (QED) is 0.775. The number of thioether (sulfide) groups is 1. The highest BCUT2D eigenvalue weighted by molar-refractivity contribution is 7.99. The molecule has 1 aromatic carbocycles.